The summed E-state index contributed by atoms with van der Waals surface area (Å²) in [5.41, 5.74) is -1.04. The molecule has 1 saturated heterocycles. The lowest BCUT2D eigenvalue weighted by atomic mass is 10.1. The van der Waals surface area contributed by atoms with Crippen LogP contribution in [0.5, 0.6) is 0 Å². The van der Waals surface area contributed by atoms with E-state index in [-0.39, 0.29) is 5.52 Å². The molecular weight excluding hydrogens is 291 g/mol. The molecule has 2 aromatic rings. The molecule has 20 heavy (non-hydrogen) atoms. The van der Waals surface area contributed by atoms with Crippen LogP contribution in [-0.2, 0) is 4.74 Å². The van der Waals surface area contributed by atoms with Gasteiger partial charge in [0.2, 0.25) is 0 Å². The summed E-state index contributed by atoms with van der Waals surface area (Å²) in [7, 11) is 0. The number of halogens is 1. The molecule has 0 amide bonds. The number of hydrogen-bond donors (Lipinski definition) is 3. The van der Waals surface area contributed by atoms with E-state index in [1.165, 1.54) is 6.07 Å². The number of alkyl halides is 1. The van der Waals surface area contributed by atoms with Crippen LogP contribution >= 0.6 is 11.3 Å². The molecule has 0 bridgehead atoms. The SMILES string of the molecule is O=c1[nH]c(=O)n([C@@H]2O[C@H](CF)[C@@H](O)[C@H]2O)c2ccsc12. The van der Waals surface area contributed by atoms with Crippen LogP contribution in [0.2, 0.25) is 0 Å². The molecule has 1 aliphatic rings. The summed E-state index contributed by atoms with van der Waals surface area (Å²) in [5, 5.41) is 21.2. The Morgan fingerprint density at radius 2 is 2.15 bits per heavy atom. The van der Waals surface area contributed by atoms with Crippen molar-refractivity contribution in [3.8, 4) is 0 Å². The number of aliphatic hydroxyl groups is 2. The molecule has 0 radical (unpaired) electrons. The van der Waals surface area contributed by atoms with Crippen molar-refractivity contribution >= 4 is 21.6 Å². The molecule has 2 aromatic heterocycles. The smallest absolute Gasteiger partial charge is 0.331 e. The fourth-order valence-electron chi connectivity index (χ4n) is 2.31. The standard InChI is InChI=1S/C11H11FN2O5S/c12-3-5-6(15)7(16)10(19-5)14-4-1-2-20-8(4)9(17)13-11(14)18/h1-2,5-7,10,15-16H,3H2,(H,13,17,18)/t5-,6-,7-,10-/m1/s1. The first-order valence-corrected chi connectivity index (χ1v) is 6.72. The Morgan fingerprint density at radius 1 is 1.40 bits per heavy atom. The molecule has 0 aromatic carbocycles. The monoisotopic (exact) mass is 302 g/mol. The first kappa shape index (κ1) is 13.4. The Balaban J connectivity index is 2.18. The summed E-state index contributed by atoms with van der Waals surface area (Å²) in [6, 6.07) is 1.53. The fourth-order valence-corrected chi connectivity index (χ4v) is 3.09. The second kappa shape index (κ2) is 4.77. The van der Waals surface area contributed by atoms with Crippen molar-refractivity contribution < 1.29 is 19.3 Å². The average molecular weight is 302 g/mol. The van der Waals surface area contributed by atoms with Gasteiger partial charge in [0.15, 0.2) is 6.23 Å². The minimum Gasteiger partial charge on any atom is -0.387 e. The highest BCUT2D eigenvalue weighted by molar-refractivity contribution is 7.17. The van der Waals surface area contributed by atoms with Gasteiger partial charge in [-0.25, -0.2) is 9.18 Å². The van der Waals surface area contributed by atoms with E-state index < -0.39 is 42.5 Å². The van der Waals surface area contributed by atoms with Crippen LogP contribution in [0.4, 0.5) is 4.39 Å². The van der Waals surface area contributed by atoms with Gasteiger partial charge in [-0.2, -0.15) is 0 Å². The van der Waals surface area contributed by atoms with Crippen molar-refractivity contribution in [2.75, 3.05) is 6.67 Å². The molecule has 3 N–H and O–H groups in total. The molecule has 0 spiro atoms. The summed E-state index contributed by atoms with van der Waals surface area (Å²) in [6.45, 7) is -0.986. The maximum absolute atomic E-state index is 12.7. The average Bonchev–Trinajstić information content (AvgIpc) is 2.99. The third-order valence-electron chi connectivity index (χ3n) is 3.29. The van der Waals surface area contributed by atoms with Crippen LogP contribution in [0.3, 0.4) is 0 Å². The largest absolute Gasteiger partial charge is 0.387 e. The van der Waals surface area contributed by atoms with E-state index in [1.54, 1.807) is 5.38 Å². The highest BCUT2D eigenvalue weighted by Crippen LogP contribution is 2.31. The van der Waals surface area contributed by atoms with Gasteiger partial charge < -0.3 is 14.9 Å². The van der Waals surface area contributed by atoms with Crippen LogP contribution < -0.4 is 11.2 Å². The van der Waals surface area contributed by atoms with Crippen LogP contribution in [0, 0.1) is 0 Å². The van der Waals surface area contributed by atoms with Gasteiger partial charge in [0.25, 0.3) is 5.56 Å². The molecule has 0 saturated carbocycles. The molecule has 0 unspecified atom stereocenters. The van der Waals surface area contributed by atoms with Gasteiger partial charge in [0.05, 0.1) is 5.52 Å². The van der Waals surface area contributed by atoms with E-state index in [1.807, 2.05) is 0 Å². The number of fused-ring (bicyclic) bond motifs is 1. The van der Waals surface area contributed by atoms with E-state index in [0.717, 1.165) is 15.9 Å². The number of nitrogens with one attached hydrogen (secondary N) is 1. The number of aliphatic hydroxyl groups excluding tert-OH is 2. The number of H-pyrrole nitrogens is 1. The lowest BCUT2D eigenvalue weighted by molar-refractivity contribution is -0.0428. The van der Waals surface area contributed by atoms with Crippen molar-refractivity contribution in [3.05, 3.63) is 32.3 Å². The summed E-state index contributed by atoms with van der Waals surface area (Å²) in [5.74, 6) is 0. The normalized spacial score (nSPS) is 30.1. The predicted octanol–water partition coefficient (Wildman–Crippen LogP) is -0.660. The van der Waals surface area contributed by atoms with Gasteiger partial charge in [-0.15, -0.1) is 11.3 Å². The number of hydrogen-bond acceptors (Lipinski definition) is 6. The van der Waals surface area contributed by atoms with E-state index in [9.17, 15) is 24.2 Å². The van der Waals surface area contributed by atoms with Crippen molar-refractivity contribution in [1.82, 2.24) is 9.55 Å². The predicted molar refractivity (Wildman–Crippen MR) is 68.6 cm³/mol. The summed E-state index contributed by atoms with van der Waals surface area (Å²) in [4.78, 5) is 25.7. The lowest BCUT2D eigenvalue weighted by Crippen LogP contribution is -2.38. The van der Waals surface area contributed by atoms with Gasteiger partial charge in [-0.3, -0.25) is 14.3 Å². The van der Waals surface area contributed by atoms with Crippen molar-refractivity contribution in [2.45, 2.75) is 24.5 Å². The third-order valence-corrected chi connectivity index (χ3v) is 4.20. The van der Waals surface area contributed by atoms with Gasteiger partial charge in [-0.05, 0) is 11.4 Å². The molecule has 108 valence electrons. The van der Waals surface area contributed by atoms with Crippen molar-refractivity contribution in [2.24, 2.45) is 0 Å². The molecule has 7 nitrogen and oxygen atoms in total. The second-order valence-electron chi connectivity index (χ2n) is 4.46. The molecule has 3 rings (SSSR count). The van der Waals surface area contributed by atoms with Crippen molar-refractivity contribution in [1.29, 1.82) is 0 Å². The summed E-state index contributed by atoms with van der Waals surface area (Å²) >= 11 is 1.13. The number of ether oxygens (including phenoxy) is 1. The summed E-state index contributed by atoms with van der Waals surface area (Å²) in [6.07, 6.45) is -5.34. The first-order chi connectivity index (χ1) is 9.54. The van der Waals surface area contributed by atoms with Crippen LogP contribution in [0.15, 0.2) is 21.0 Å². The zero-order valence-corrected chi connectivity index (χ0v) is 10.8. The molecule has 9 heteroatoms. The topological polar surface area (TPSA) is 105 Å². The fraction of sp³-hybridized carbons (Fsp3) is 0.455. The Labute approximate surface area is 114 Å². The molecule has 0 aliphatic carbocycles. The second-order valence-corrected chi connectivity index (χ2v) is 5.38. The highest BCUT2D eigenvalue weighted by Gasteiger charge is 2.44. The van der Waals surface area contributed by atoms with Gasteiger partial charge >= 0.3 is 5.69 Å². The van der Waals surface area contributed by atoms with Crippen LogP contribution in [-0.4, -0.2) is 44.8 Å². The maximum atomic E-state index is 12.7. The molecule has 3 heterocycles. The Hall–Kier alpha value is -1.55. The van der Waals surface area contributed by atoms with Gasteiger partial charge in [0, 0.05) is 0 Å². The first-order valence-electron chi connectivity index (χ1n) is 5.84. The van der Waals surface area contributed by atoms with Gasteiger partial charge in [-0.1, -0.05) is 0 Å². The maximum Gasteiger partial charge on any atom is 0.331 e. The summed E-state index contributed by atoms with van der Waals surface area (Å²) < 4.78 is 19.2. The minimum atomic E-state index is -1.46. The quantitative estimate of drug-likeness (QED) is 0.683. The highest BCUT2D eigenvalue weighted by atomic mass is 32.1. The lowest BCUT2D eigenvalue weighted by Gasteiger charge is -2.18. The van der Waals surface area contributed by atoms with Crippen LogP contribution in [0.25, 0.3) is 10.2 Å². The van der Waals surface area contributed by atoms with Gasteiger partial charge in [0.1, 0.15) is 29.7 Å². The number of nitrogens with zero attached hydrogens (tertiary/aromatic N) is 1. The number of rotatable bonds is 2. The third kappa shape index (κ3) is 1.82. The van der Waals surface area contributed by atoms with E-state index in [4.69, 9.17) is 4.74 Å². The number of aromatic nitrogens is 2. The van der Waals surface area contributed by atoms with E-state index in [0.29, 0.717) is 4.70 Å². The zero-order chi connectivity index (χ0) is 14.4. The molecule has 1 fully saturated rings. The van der Waals surface area contributed by atoms with Crippen LogP contribution in [0.1, 0.15) is 6.23 Å². The molecule has 1 aliphatic heterocycles. The van der Waals surface area contributed by atoms with E-state index >= 15 is 0 Å². The number of aromatic amines is 1. The Kier molecular flexibility index (Phi) is 3.21. The Morgan fingerprint density at radius 3 is 2.80 bits per heavy atom. The number of thiophene rings is 1. The van der Waals surface area contributed by atoms with E-state index in [2.05, 4.69) is 4.98 Å². The Bertz CT molecular complexity index is 753. The zero-order valence-electron chi connectivity index (χ0n) is 10.0. The molecular formula is C11H11FN2O5S. The minimum absolute atomic E-state index is 0.277. The molecule has 4 atom stereocenters. The van der Waals surface area contributed by atoms with Crippen molar-refractivity contribution in [3.63, 3.8) is 0 Å².